The van der Waals surface area contributed by atoms with Crippen LogP contribution < -0.4 is 20.1 Å². The molecule has 0 bridgehead atoms. The number of nitrogens with one attached hydrogen (secondary N) is 2. The van der Waals surface area contributed by atoms with Crippen LogP contribution in [0.4, 0.5) is 0 Å². The summed E-state index contributed by atoms with van der Waals surface area (Å²) >= 11 is 0. The predicted molar refractivity (Wildman–Crippen MR) is 118 cm³/mol. The van der Waals surface area contributed by atoms with Crippen LogP contribution in [0.5, 0.6) is 11.5 Å². The topological polar surface area (TPSA) is 64.1 Å². The van der Waals surface area contributed by atoms with Gasteiger partial charge in [0.05, 0.1) is 13.7 Å². The summed E-state index contributed by atoms with van der Waals surface area (Å²) in [6.45, 7) is 4.84. The van der Waals surface area contributed by atoms with Crippen molar-refractivity contribution in [2.24, 2.45) is 4.99 Å². The average molecular weight is 400 g/mol. The highest BCUT2D eigenvalue weighted by atomic mass is 16.5. The zero-order valence-corrected chi connectivity index (χ0v) is 18.0. The molecule has 29 heavy (non-hydrogen) atoms. The van der Waals surface area contributed by atoms with Gasteiger partial charge in [0.2, 0.25) is 0 Å². The van der Waals surface area contributed by atoms with Gasteiger partial charge in [-0.2, -0.15) is 0 Å². The highest BCUT2D eigenvalue weighted by molar-refractivity contribution is 5.79. The van der Waals surface area contributed by atoms with Crippen LogP contribution in [0.3, 0.4) is 0 Å². The van der Waals surface area contributed by atoms with E-state index in [0.717, 1.165) is 42.4 Å². The van der Waals surface area contributed by atoms with Crippen molar-refractivity contribution in [2.45, 2.75) is 26.3 Å². The average Bonchev–Trinajstić information content (AvgIpc) is 2.75. The first-order valence-electron chi connectivity index (χ1n) is 9.95. The smallest absolute Gasteiger partial charge is 0.191 e. The van der Waals surface area contributed by atoms with Crippen LogP contribution in [0.2, 0.25) is 0 Å². The fourth-order valence-electron chi connectivity index (χ4n) is 2.84. The summed E-state index contributed by atoms with van der Waals surface area (Å²) in [6, 6.07) is 14.4. The van der Waals surface area contributed by atoms with E-state index in [1.54, 1.807) is 21.3 Å². The van der Waals surface area contributed by atoms with E-state index in [0.29, 0.717) is 19.8 Å². The van der Waals surface area contributed by atoms with Gasteiger partial charge in [0.15, 0.2) is 5.96 Å². The standard InChI is InChI=1S/C23H33N3O3/c1-18-6-9-20(22(16-18)29-15-5-14-27-3)17-26-23(24-2)25-13-12-19-7-10-21(28-4)11-8-19/h6-11,16H,5,12-15,17H2,1-4H3,(H2,24,25,26). The third kappa shape index (κ3) is 8.03. The number of hydrogen-bond acceptors (Lipinski definition) is 4. The summed E-state index contributed by atoms with van der Waals surface area (Å²) in [7, 11) is 5.16. The number of guanidine groups is 1. The van der Waals surface area contributed by atoms with E-state index in [-0.39, 0.29) is 0 Å². The van der Waals surface area contributed by atoms with Gasteiger partial charge in [0, 0.05) is 45.8 Å². The van der Waals surface area contributed by atoms with E-state index in [4.69, 9.17) is 14.2 Å². The van der Waals surface area contributed by atoms with Crippen LogP contribution in [0.15, 0.2) is 47.5 Å². The van der Waals surface area contributed by atoms with Crippen LogP contribution in [-0.2, 0) is 17.7 Å². The van der Waals surface area contributed by atoms with E-state index in [2.05, 4.69) is 52.9 Å². The lowest BCUT2D eigenvalue weighted by Crippen LogP contribution is -2.37. The first-order chi connectivity index (χ1) is 14.2. The Morgan fingerprint density at radius 1 is 1.00 bits per heavy atom. The Balaban J connectivity index is 1.83. The molecule has 2 N–H and O–H groups in total. The number of aliphatic imine (C=N–C) groups is 1. The van der Waals surface area contributed by atoms with E-state index in [1.807, 2.05) is 12.1 Å². The molecule has 0 aliphatic heterocycles. The Bertz CT molecular complexity index is 760. The third-order valence-electron chi connectivity index (χ3n) is 4.51. The number of rotatable bonds is 11. The molecule has 6 heteroatoms. The van der Waals surface area contributed by atoms with E-state index >= 15 is 0 Å². The lowest BCUT2D eigenvalue weighted by molar-refractivity contribution is 0.172. The number of hydrogen-bond donors (Lipinski definition) is 2. The molecule has 0 aliphatic carbocycles. The maximum Gasteiger partial charge on any atom is 0.191 e. The summed E-state index contributed by atoms with van der Waals surface area (Å²) in [6.07, 6.45) is 1.77. The minimum absolute atomic E-state index is 0.638. The molecule has 0 atom stereocenters. The Kier molecular flexibility index (Phi) is 9.86. The Hall–Kier alpha value is -2.73. The normalized spacial score (nSPS) is 11.2. The minimum Gasteiger partial charge on any atom is -0.497 e. The van der Waals surface area contributed by atoms with E-state index in [1.165, 1.54) is 11.1 Å². The lowest BCUT2D eigenvalue weighted by Gasteiger charge is -2.15. The van der Waals surface area contributed by atoms with Crippen LogP contribution in [0, 0.1) is 6.92 Å². The zero-order chi connectivity index (χ0) is 20.9. The maximum absolute atomic E-state index is 5.95. The highest BCUT2D eigenvalue weighted by Gasteiger charge is 2.06. The molecule has 0 unspecified atom stereocenters. The van der Waals surface area contributed by atoms with Gasteiger partial charge in [-0.15, -0.1) is 0 Å². The molecule has 0 radical (unpaired) electrons. The van der Waals surface area contributed by atoms with Gasteiger partial charge in [-0.05, 0) is 42.7 Å². The molecule has 0 amide bonds. The second-order valence-electron chi connectivity index (χ2n) is 6.76. The molecule has 2 rings (SSSR count). The van der Waals surface area contributed by atoms with Crippen molar-refractivity contribution in [1.29, 1.82) is 0 Å². The first-order valence-corrected chi connectivity index (χ1v) is 9.95. The summed E-state index contributed by atoms with van der Waals surface area (Å²) in [5.74, 6) is 2.55. The molecule has 0 heterocycles. The summed E-state index contributed by atoms with van der Waals surface area (Å²) < 4.78 is 16.2. The number of nitrogens with zero attached hydrogens (tertiary/aromatic N) is 1. The van der Waals surface area contributed by atoms with Gasteiger partial charge in [0.1, 0.15) is 11.5 Å². The Labute approximate surface area is 174 Å². The third-order valence-corrected chi connectivity index (χ3v) is 4.51. The van der Waals surface area contributed by atoms with Crippen molar-refractivity contribution in [3.63, 3.8) is 0 Å². The van der Waals surface area contributed by atoms with Crippen molar-refractivity contribution in [3.8, 4) is 11.5 Å². The van der Waals surface area contributed by atoms with Crippen molar-refractivity contribution in [2.75, 3.05) is 41.0 Å². The van der Waals surface area contributed by atoms with Gasteiger partial charge in [-0.1, -0.05) is 24.3 Å². The minimum atomic E-state index is 0.638. The molecule has 2 aromatic rings. The van der Waals surface area contributed by atoms with Crippen LogP contribution >= 0.6 is 0 Å². The van der Waals surface area contributed by atoms with Crippen LogP contribution in [-0.4, -0.2) is 47.0 Å². The van der Waals surface area contributed by atoms with Crippen molar-refractivity contribution in [3.05, 3.63) is 59.2 Å². The SMILES string of the molecule is CN=C(NCCc1ccc(OC)cc1)NCc1ccc(C)cc1OCCCOC. The molecule has 6 nitrogen and oxygen atoms in total. The molecule has 158 valence electrons. The van der Waals surface area contributed by atoms with E-state index < -0.39 is 0 Å². The van der Waals surface area contributed by atoms with Crippen LogP contribution in [0.1, 0.15) is 23.1 Å². The molecular formula is C23H33N3O3. The monoisotopic (exact) mass is 399 g/mol. The number of benzene rings is 2. The van der Waals surface area contributed by atoms with Crippen molar-refractivity contribution in [1.82, 2.24) is 10.6 Å². The summed E-state index contributed by atoms with van der Waals surface area (Å²) in [5, 5.41) is 6.72. The van der Waals surface area contributed by atoms with Crippen molar-refractivity contribution >= 4 is 5.96 Å². The second-order valence-corrected chi connectivity index (χ2v) is 6.76. The molecule has 0 saturated carbocycles. The quantitative estimate of drug-likeness (QED) is 0.345. The molecule has 2 aromatic carbocycles. The molecule has 0 fully saturated rings. The molecule has 0 aromatic heterocycles. The fraction of sp³-hybridized carbons (Fsp3) is 0.435. The van der Waals surface area contributed by atoms with Gasteiger partial charge in [0.25, 0.3) is 0 Å². The number of methoxy groups -OCH3 is 2. The van der Waals surface area contributed by atoms with Crippen molar-refractivity contribution < 1.29 is 14.2 Å². The molecule has 0 aliphatic rings. The zero-order valence-electron chi connectivity index (χ0n) is 18.0. The van der Waals surface area contributed by atoms with Gasteiger partial charge in [-0.3, -0.25) is 4.99 Å². The molecule has 0 saturated heterocycles. The fourth-order valence-corrected chi connectivity index (χ4v) is 2.84. The predicted octanol–water partition coefficient (Wildman–Crippen LogP) is 3.33. The lowest BCUT2D eigenvalue weighted by atomic mass is 10.1. The highest BCUT2D eigenvalue weighted by Crippen LogP contribution is 2.20. The van der Waals surface area contributed by atoms with Gasteiger partial charge < -0.3 is 24.8 Å². The van der Waals surface area contributed by atoms with Gasteiger partial charge in [-0.25, -0.2) is 0 Å². The Morgan fingerprint density at radius 3 is 2.48 bits per heavy atom. The molecule has 0 spiro atoms. The molecular weight excluding hydrogens is 366 g/mol. The number of ether oxygens (including phenoxy) is 3. The summed E-state index contributed by atoms with van der Waals surface area (Å²) in [4.78, 5) is 4.31. The van der Waals surface area contributed by atoms with Gasteiger partial charge >= 0.3 is 0 Å². The largest absolute Gasteiger partial charge is 0.497 e. The van der Waals surface area contributed by atoms with Crippen LogP contribution in [0.25, 0.3) is 0 Å². The Morgan fingerprint density at radius 2 is 1.79 bits per heavy atom. The second kappa shape index (κ2) is 12.7. The first kappa shape index (κ1) is 22.6. The number of aryl methyl sites for hydroxylation is 1. The summed E-state index contributed by atoms with van der Waals surface area (Å²) in [5.41, 5.74) is 3.53. The van der Waals surface area contributed by atoms with E-state index in [9.17, 15) is 0 Å². The maximum atomic E-state index is 5.95.